The van der Waals surface area contributed by atoms with Gasteiger partial charge in [0.2, 0.25) is 0 Å². The van der Waals surface area contributed by atoms with Crippen LogP contribution >= 0.6 is 0 Å². The molecule has 0 bridgehead atoms. The van der Waals surface area contributed by atoms with E-state index in [1.54, 1.807) is 0 Å². The third-order valence-corrected chi connectivity index (χ3v) is 3.49. The molecule has 0 fully saturated rings. The SMILES string of the molecule is CCOC(CNCc1cccc2c1NCCC2)OCC. The zero-order chi connectivity index (χ0) is 14.2. The van der Waals surface area contributed by atoms with Gasteiger partial charge in [-0.3, -0.25) is 0 Å². The number of nitrogens with one attached hydrogen (secondary N) is 2. The van der Waals surface area contributed by atoms with Gasteiger partial charge in [-0.25, -0.2) is 0 Å². The number of para-hydroxylation sites is 1. The van der Waals surface area contributed by atoms with Crippen LogP contribution in [0.4, 0.5) is 5.69 Å². The van der Waals surface area contributed by atoms with Gasteiger partial charge in [0.1, 0.15) is 0 Å². The van der Waals surface area contributed by atoms with Crippen molar-refractivity contribution in [2.45, 2.75) is 39.5 Å². The van der Waals surface area contributed by atoms with Crippen LogP contribution in [-0.2, 0) is 22.4 Å². The molecule has 1 aromatic rings. The maximum Gasteiger partial charge on any atom is 0.169 e. The first-order valence-corrected chi connectivity index (χ1v) is 7.63. The number of ether oxygens (including phenoxy) is 2. The topological polar surface area (TPSA) is 42.5 Å². The Hall–Kier alpha value is -1.10. The predicted octanol–water partition coefficient (Wildman–Crippen LogP) is 2.53. The molecule has 0 aliphatic carbocycles. The normalized spacial score (nSPS) is 14.2. The van der Waals surface area contributed by atoms with Crippen molar-refractivity contribution in [3.8, 4) is 0 Å². The summed E-state index contributed by atoms with van der Waals surface area (Å²) in [6, 6.07) is 6.54. The molecule has 2 N–H and O–H groups in total. The standard InChI is InChI=1S/C16H26N2O2/c1-3-19-15(20-4-2)12-17-11-14-8-5-7-13-9-6-10-18-16(13)14/h5,7-8,15,17-18H,3-4,6,9-12H2,1-2H3. The van der Waals surface area contributed by atoms with Gasteiger partial charge in [-0.05, 0) is 37.8 Å². The summed E-state index contributed by atoms with van der Waals surface area (Å²) in [7, 11) is 0. The molecule has 1 aliphatic heterocycles. The van der Waals surface area contributed by atoms with E-state index < -0.39 is 0 Å². The molecule has 0 spiro atoms. The van der Waals surface area contributed by atoms with Gasteiger partial charge in [-0.15, -0.1) is 0 Å². The Bertz CT molecular complexity index is 403. The highest BCUT2D eigenvalue weighted by molar-refractivity contribution is 5.59. The van der Waals surface area contributed by atoms with Crippen molar-refractivity contribution in [3.05, 3.63) is 29.3 Å². The summed E-state index contributed by atoms with van der Waals surface area (Å²) in [4.78, 5) is 0. The number of benzene rings is 1. The molecule has 0 amide bonds. The van der Waals surface area contributed by atoms with Gasteiger partial charge in [-0.2, -0.15) is 0 Å². The van der Waals surface area contributed by atoms with Crippen molar-refractivity contribution >= 4 is 5.69 Å². The van der Waals surface area contributed by atoms with Crippen LogP contribution in [0.3, 0.4) is 0 Å². The van der Waals surface area contributed by atoms with Crippen molar-refractivity contribution in [1.29, 1.82) is 0 Å². The number of rotatable bonds is 8. The molecule has 0 saturated carbocycles. The maximum atomic E-state index is 5.53. The van der Waals surface area contributed by atoms with E-state index in [2.05, 4.69) is 28.8 Å². The highest BCUT2D eigenvalue weighted by atomic mass is 16.7. The monoisotopic (exact) mass is 278 g/mol. The van der Waals surface area contributed by atoms with Gasteiger partial charge in [0.15, 0.2) is 6.29 Å². The van der Waals surface area contributed by atoms with Crippen LogP contribution in [0.2, 0.25) is 0 Å². The number of aryl methyl sites for hydroxylation is 1. The first-order chi connectivity index (χ1) is 9.85. The van der Waals surface area contributed by atoms with Crippen LogP contribution < -0.4 is 10.6 Å². The fourth-order valence-electron chi connectivity index (χ4n) is 2.59. The van der Waals surface area contributed by atoms with Crippen LogP contribution in [-0.4, -0.2) is 32.6 Å². The summed E-state index contributed by atoms with van der Waals surface area (Å²) in [5.74, 6) is 0. The maximum absolute atomic E-state index is 5.53. The van der Waals surface area contributed by atoms with Crippen LogP contribution in [0.5, 0.6) is 0 Å². The fraction of sp³-hybridized carbons (Fsp3) is 0.625. The first kappa shape index (κ1) is 15.3. The van der Waals surface area contributed by atoms with Gasteiger partial charge < -0.3 is 20.1 Å². The molecule has 1 heterocycles. The lowest BCUT2D eigenvalue weighted by Crippen LogP contribution is -2.31. The summed E-state index contributed by atoms with van der Waals surface area (Å²) >= 11 is 0. The van der Waals surface area contributed by atoms with Crippen LogP contribution in [0.1, 0.15) is 31.4 Å². The summed E-state index contributed by atoms with van der Waals surface area (Å²) in [5, 5.41) is 6.95. The zero-order valence-electron chi connectivity index (χ0n) is 12.6. The van der Waals surface area contributed by atoms with Crippen molar-refractivity contribution in [1.82, 2.24) is 5.32 Å². The molecular weight excluding hydrogens is 252 g/mol. The molecule has 112 valence electrons. The Morgan fingerprint density at radius 2 is 2.05 bits per heavy atom. The highest BCUT2D eigenvalue weighted by Crippen LogP contribution is 2.25. The summed E-state index contributed by atoms with van der Waals surface area (Å²) in [5.41, 5.74) is 4.08. The lowest BCUT2D eigenvalue weighted by Gasteiger charge is -2.22. The van der Waals surface area contributed by atoms with Gasteiger partial charge in [-0.1, -0.05) is 18.2 Å². The first-order valence-electron chi connectivity index (χ1n) is 7.63. The molecule has 20 heavy (non-hydrogen) atoms. The number of anilines is 1. The largest absolute Gasteiger partial charge is 0.385 e. The quantitative estimate of drug-likeness (QED) is 0.717. The molecule has 0 atom stereocenters. The van der Waals surface area contributed by atoms with E-state index in [9.17, 15) is 0 Å². The van der Waals surface area contributed by atoms with Gasteiger partial charge >= 0.3 is 0 Å². The van der Waals surface area contributed by atoms with Gasteiger partial charge in [0, 0.05) is 38.5 Å². The van der Waals surface area contributed by atoms with E-state index in [1.807, 2.05) is 13.8 Å². The molecule has 0 saturated heterocycles. The summed E-state index contributed by atoms with van der Waals surface area (Å²) in [6.07, 6.45) is 2.25. The summed E-state index contributed by atoms with van der Waals surface area (Å²) in [6.45, 7) is 7.96. The van der Waals surface area contributed by atoms with Crippen LogP contribution in [0, 0.1) is 0 Å². The Labute approximate surface area is 121 Å². The lowest BCUT2D eigenvalue weighted by atomic mass is 9.99. The second kappa shape index (κ2) is 8.25. The highest BCUT2D eigenvalue weighted by Gasteiger charge is 2.13. The summed E-state index contributed by atoms with van der Waals surface area (Å²) < 4.78 is 11.1. The molecular formula is C16H26N2O2. The fourth-order valence-corrected chi connectivity index (χ4v) is 2.59. The average molecular weight is 278 g/mol. The van der Waals surface area contributed by atoms with E-state index in [1.165, 1.54) is 29.7 Å². The second-order valence-electron chi connectivity index (χ2n) is 4.95. The predicted molar refractivity (Wildman–Crippen MR) is 82.0 cm³/mol. The molecule has 2 rings (SSSR count). The Kier molecular flexibility index (Phi) is 6.30. The Balaban J connectivity index is 1.87. The van der Waals surface area contributed by atoms with Crippen molar-refractivity contribution in [2.24, 2.45) is 0 Å². The minimum Gasteiger partial charge on any atom is -0.385 e. The van der Waals surface area contributed by atoms with E-state index in [0.29, 0.717) is 19.8 Å². The third kappa shape index (κ3) is 4.20. The molecule has 4 heteroatoms. The van der Waals surface area contributed by atoms with Crippen molar-refractivity contribution in [2.75, 3.05) is 31.6 Å². The van der Waals surface area contributed by atoms with E-state index in [4.69, 9.17) is 9.47 Å². The minimum atomic E-state index is -0.155. The molecule has 0 radical (unpaired) electrons. The number of fused-ring (bicyclic) bond motifs is 1. The molecule has 0 aromatic heterocycles. The van der Waals surface area contributed by atoms with Crippen molar-refractivity contribution in [3.63, 3.8) is 0 Å². The van der Waals surface area contributed by atoms with E-state index in [0.717, 1.165) is 13.1 Å². The van der Waals surface area contributed by atoms with Gasteiger partial charge in [0.25, 0.3) is 0 Å². The van der Waals surface area contributed by atoms with Crippen molar-refractivity contribution < 1.29 is 9.47 Å². The third-order valence-electron chi connectivity index (χ3n) is 3.49. The van der Waals surface area contributed by atoms with E-state index >= 15 is 0 Å². The number of hydrogen-bond donors (Lipinski definition) is 2. The Morgan fingerprint density at radius 1 is 1.25 bits per heavy atom. The molecule has 4 nitrogen and oxygen atoms in total. The zero-order valence-corrected chi connectivity index (χ0v) is 12.6. The molecule has 1 aromatic carbocycles. The molecule has 1 aliphatic rings. The molecule has 0 unspecified atom stereocenters. The van der Waals surface area contributed by atoms with Gasteiger partial charge in [0.05, 0.1) is 0 Å². The number of hydrogen-bond acceptors (Lipinski definition) is 4. The van der Waals surface area contributed by atoms with Crippen LogP contribution in [0.15, 0.2) is 18.2 Å². The average Bonchev–Trinajstić information content (AvgIpc) is 2.48. The minimum absolute atomic E-state index is 0.155. The second-order valence-corrected chi connectivity index (χ2v) is 4.95. The lowest BCUT2D eigenvalue weighted by molar-refractivity contribution is -0.133. The van der Waals surface area contributed by atoms with E-state index in [-0.39, 0.29) is 6.29 Å². The Morgan fingerprint density at radius 3 is 2.80 bits per heavy atom. The smallest absolute Gasteiger partial charge is 0.169 e. The van der Waals surface area contributed by atoms with Crippen LogP contribution in [0.25, 0.3) is 0 Å².